The van der Waals surface area contributed by atoms with Gasteiger partial charge in [0.05, 0.1) is 5.69 Å². The van der Waals surface area contributed by atoms with E-state index in [1.807, 2.05) is 19.2 Å². The van der Waals surface area contributed by atoms with Crippen LogP contribution in [0, 0.1) is 17.2 Å². The molecular formula is C25H27N5O. The second-order valence-corrected chi connectivity index (χ2v) is 8.02. The maximum atomic E-state index is 13.2. The van der Waals surface area contributed by atoms with Crippen molar-refractivity contribution in [2.45, 2.75) is 19.8 Å². The highest BCUT2D eigenvalue weighted by Crippen LogP contribution is 2.32. The fourth-order valence-electron chi connectivity index (χ4n) is 4.09. The second kappa shape index (κ2) is 9.15. The van der Waals surface area contributed by atoms with Gasteiger partial charge in [0.25, 0.3) is 5.56 Å². The van der Waals surface area contributed by atoms with Gasteiger partial charge in [-0.15, -0.1) is 0 Å². The Morgan fingerprint density at radius 3 is 2.61 bits per heavy atom. The van der Waals surface area contributed by atoms with E-state index in [9.17, 15) is 4.79 Å². The molecule has 1 aromatic carbocycles. The molecule has 6 heteroatoms. The highest BCUT2D eigenvalue weighted by Gasteiger charge is 2.18. The van der Waals surface area contributed by atoms with Gasteiger partial charge < -0.3 is 15.2 Å². The molecule has 2 aromatic heterocycles. The van der Waals surface area contributed by atoms with Gasteiger partial charge in [-0.1, -0.05) is 31.2 Å². The van der Waals surface area contributed by atoms with E-state index in [1.165, 1.54) is 5.56 Å². The summed E-state index contributed by atoms with van der Waals surface area (Å²) in [5, 5.41) is 15.9. The van der Waals surface area contributed by atoms with Gasteiger partial charge in [-0.2, -0.15) is 5.26 Å². The van der Waals surface area contributed by atoms with Crippen LogP contribution in [0.25, 0.3) is 22.4 Å². The van der Waals surface area contributed by atoms with E-state index in [4.69, 9.17) is 5.26 Å². The molecular weight excluding hydrogens is 386 g/mol. The first-order valence-corrected chi connectivity index (χ1v) is 10.7. The van der Waals surface area contributed by atoms with E-state index in [-0.39, 0.29) is 5.56 Å². The third kappa shape index (κ3) is 4.37. The van der Waals surface area contributed by atoms with Crippen molar-refractivity contribution in [3.63, 3.8) is 0 Å². The van der Waals surface area contributed by atoms with E-state index in [2.05, 4.69) is 52.9 Å². The predicted octanol–water partition coefficient (Wildman–Crippen LogP) is 3.57. The van der Waals surface area contributed by atoms with Crippen LogP contribution in [0.15, 0.2) is 53.5 Å². The van der Waals surface area contributed by atoms with Gasteiger partial charge in [0.1, 0.15) is 17.5 Å². The Hall–Kier alpha value is -3.43. The quantitative estimate of drug-likeness (QED) is 0.646. The fraction of sp³-hybridized carbons (Fsp3) is 0.320. The number of hydrogen-bond donors (Lipinski definition) is 2. The third-order valence-corrected chi connectivity index (χ3v) is 5.98. The maximum Gasteiger partial charge on any atom is 0.274 e. The topological polar surface area (TPSA) is 82.7 Å². The average molecular weight is 414 g/mol. The summed E-state index contributed by atoms with van der Waals surface area (Å²) < 4.78 is 1.71. The molecule has 0 aliphatic carbocycles. The summed E-state index contributed by atoms with van der Waals surface area (Å²) in [5.74, 6) is 0.519. The van der Waals surface area contributed by atoms with E-state index < -0.39 is 0 Å². The summed E-state index contributed by atoms with van der Waals surface area (Å²) in [6, 6.07) is 15.9. The molecule has 4 rings (SSSR count). The molecule has 0 spiro atoms. The lowest BCUT2D eigenvalue weighted by molar-refractivity contribution is 0.614. The van der Waals surface area contributed by atoms with Crippen molar-refractivity contribution in [3.8, 4) is 28.5 Å². The second-order valence-electron chi connectivity index (χ2n) is 8.02. The Bertz CT molecular complexity index is 1150. The van der Waals surface area contributed by atoms with E-state index in [0.29, 0.717) is 17.3 Å². The number of nitrogens with zero attached hydrogens (tertiary/aromatic N) is 3. The number of anilines is 1. The predicted molar refractivity (Wildman–Crippen MR) is 124 cm³/mol. The summed E-state index contributed by atoms with van der Waals surface area (Å²) in [4.78, 5) is 17.5. The minimum absolute atomic E-state index is 0.0501. The van der Waals surface area contributed by atoms with Crippen LogP contribution in [-0.2, 0) is 13.5 Å². The lowest BCUT2D eigenvalue weighted by Crippen LogP contribution is -2.26. The number of pyridine rings is 2. The van der Waals surface area contributed by atoms with Crippen LogP contribution in [0.5, 0.6) is 0 Å². The van der Waals surface area contributed by atoms with Crippen molar-refractivity contribution in [2.24, 2.45) is 13.0 Å². The standard InChI is InChI=1S/C25H27N5O/c1-3-17-4-6-19(7-5-17)24-22(20-8-9-21(13-26)28-16-20)12-23(25(31)30(24)2)29-15-18-10-11-27-14-18/h4-9,12,16,18,27,29H,3,10-11,14-15H2,1-2H3. The maximum absolute atomic E-state index is 13.2. The molecule has 1 aliphatic rings. The zero-order chi connectivity index (χ0) is 21.8. The average Bonchev–Trinajstić information content (AvgIpc) is 3.34. The molecule has 158 valence electrons. The van der Waals surface area contributed by atoms with Crippen LogP contribution in [0.3, 0.4) is 0 Å². The lowest BCUT2D eigenvalue weighted by atomic mass is 9.98. The summed E-state index contributed by atoms with van der Waals surface area (Å²) in [5.41, 5.74) is 5.75. The van der Waals surface area contributed by atoms with Crippen LogP contribution in [-0.4, -0.2) is 29.2 Å². The number of nitriles is 1. The van der Waals surface area contributed by atoms with Crippen LogP contribution in [0.1, 0.15) is 24.6 Å². The van der Waals surface area contributed by atoms with Crippen molar-refractivity contribution in [1.29, 1.82) is 5.26 Å². The summed E-state index contributed by atoms with van der Waals surface area (Å²) in [6.07, 6.45) is 3.78. The first-order valence-electron chi connectivity index (χ1n) is 10.7. The van der Waals surface area contributed by atoms with Gasteiger partial charge in [0, 0.05) is 30.9 Å². The molecule has 3 heterocycles. The smallest absolute Gasteiger partial charge is 0.274 e. The number of nitrogens with one attached hydrogen (secondary N) is 2. The number of aromatic nitrogens is 2. The van der Waals surface area contributed by atoms with Crippen molar-refractivity contribution >= 4 is 5.69 Å². The molecule has 1 unspecified atom stereocenters. The first kappa shape index (κ1) is 20.8. The minimum atomic E-state index is -0.0501. The van der Waals surface area contributed by atoms with Gasteiger partial charge in [0.2, 0.25) is 0 Å². The Balaban J connectivity index is 1.82. The van der Waals surface area contributed by atoms with E-state index in [1.54, 1.807) is 16.8 Å². The highest BCUT2D eigenvalue weighted by atomic mass is 16.1. The Kier molecular flexibility index (Phi) is 6.15. The molecule has 2 N–H and O–H groups in total. The molecule has 1 saturated heterocycles. The molecule has 0 amide bonds. The van der Waals surface area contributed by atoms with Crippen molar-refractivity contribution in [2.75, 3.05) is 25.0 Å². The van der Waals surface area contributed by atoms with Gasteiger partial charge in [-0.3, -0.25) is 4.79 Å². The van der Waals surface area contributed by atoms with Gasteiger partial charge >= 0.3 is 0 Å². The summed E-state index contributed by atoms with van der Waals surface area (Å²) in [6.45, 7) is 4.89. The van der Waals surface area contributed by atoms with Gasteiger partial charge in [-0.05, 0) is 61.2 Å². The molecule has 1 fully saturated rings. The van der Waals surface area contributed by atoms with Crippen LogP contribution < -0.4 is 16.2 Å². The first-order chi connectivity index (χ1) is 15.1. The Labute approximate surface area is 182 Å². The number of aryl methyl sites for hydroxylation is 1. The largest absolute Gasteiger partial charge is 0.380 e. The van der Waals surface area contributed by atoms with Crippen LogP contribution >= 0.6 is 0 Å². The molecule has 0 saturated carbocycles. The zero-order valence-electron chi connectivity index (χ0n) is 18.0. The monoisotopic (exact) mass is 413 g/mol. The summed E-state index contributed by atoms with van der Waals surface area (Å²) in [7, 11) is 1.81. The van der Waals surface area contributed by atoms with E-state index >= 15 is 0 Å². The molecule has 0 radical (unpaired) electrons. The van der Waals surface area contributed by atoms with Crippen LogP contribution in [0.2, 0.25) is 0 Å². The molecule has 31 heavy (non-hydrogen) atoms. The molecule has 6 nitrogen and oxygen atoms in total. The molecule has 1 aliphatic heterocycles. The van der Waals surface area contributed by atoms with Crippen molar-refractivity contribution < 1.29 is 0 Å². The zero-order valence-corrected chi connectivity index (χ0v) is 18.0. The van der Waals surface area contributed by atoms with Crippen molar-refractivity contribution in [1.82, 2.24) is 14.9 Å². The van der Waals surface area contributed by atoms with E-state index in [0.717, 1.165) is 54.9 Å². The van der Waals surface area contributed by atoms with Crippen LogP contribution in [0.4, 0.5) is 5.69 Å². The molecule has 0 bridgehead atoms. The number of benzene rings is 1. The number of rotatable bonds is 6. The van der Waals surface area contributed by atoms with Gasteiger partial charge in [0.15, 0.2) is 0 Å². The fourth-order valence-corrected chi connectivity index (χ4v) is 4.09. The summed E-state index contributed by atoms with van der Waals surface area (Å²) >= 11 is 0. The minimum Gasteiger partial charge on any atom is -0.380 e. The highest BCUT2D eigenvalue weighted by molar-refractivity contribution is 5.83. The molecule has 1 atom stereocenters. The van der Waals surface area contributed by atoms with Gasteiger partial charge in [-0.25, -0.2) is 4.98 Å². The lowest BCUT2D eigenvalue weighted by Gasteiger charge is -2.19. The molecule has 3 aromatic rings. The Morgan fingerprint density at radius 1 is 1.23 bits per heavy atom. The third-order valence-electron chi connectivity index (χ3n) is 5.98. The normalized spacial score (nSPS) is 15.6. The number of hydrogen-bond acceptors (Lipinski definition) is 5. The van der Waals surface area contributed by atoms with Crippen molar-refractivity contribution in [3.05, 3.63) is 70.3 Å². The Morgan fingerprint density at radius 2 is 2.00 bits per heavy atom. The SMILES string of the molecule is CCc1ccc(-c2c(-c3ccc(C#N)nc3)cc(NCC3CCNC3)c(=O)n2C)cc1.